The second-order valence-corrected chi connectivity index (χ2v) is 3.46. The highest BCUT2D eigenvalue weighted by Gasteiger charge is 2.05. The molecule has 2 N–H and O–H groups in total. The van der Waals surface area contributed by atoms with E-state index < -0.39 is 0 Å². The lowest BCUT2D eigenvalue weighted by Gasteiger charge is -2.15. The molecule has 0 aliphatic carbocycles. The Labute approximate surface area is 90.1 Å². The fourth-order valence-electron chi connectivity index (χ4n) is 1.41. The van der Waals surface area contributed by atoms with Crippen molar-refractivity contribution in [3.63, 3.8) is 0 Å². The van der Waals surface area contributed by atoms with Gasteiger partial charge in [0, 0.05) is 32.6 Å². The highest BCUT2D eigenvalue weighted by molar-refractivity contribution is 4.88. The number of hydrogen-bond donors (Lipinski definition) is 2. The van der Waals surface area contributed by atoms with Crippen molar-refractivity contribution in [2.45, 2.75) is 19.5 Å². The number of aliphatic hydroxyl groups excluding tert-OH is 1. The quantitative estimate of drug-likeness (QED) is 0.658. The van der Waals surface area contributed by atoms with Crippen molar-refractivity contribution in [2.24, 2.45) is 0 Å². The number of nitrogens with zero attached hydrogens (tertiary/aromatic N) is 2. The van der Waals surface area contributed by atoms with Crippen LogP contribution in [0.5, 0.6) is 0 Å². The molecule has 0 saturated carbocycles. The summed E-state index contributed by atoms with van der Waals surface area (Å²) in [5.74, 6) is 1.00. The summed E-state index contributed by atoms with van der Waals surface area (Å²) >= 11 is 0. The smallest absolute Gasteiger partial charge is 0.105 e. The zero-order chi connectivity index (χ0) is 11.1. The van der Waals surface area contributed by atoms with E-state index in [0.29, 0.717) is 6.61 Å². The van der Waals surface area contributed by atoms with Crippen LogP contribution in [0.2, 0.25) is 0 Å². The Morgan fingerprint density at radius 2 is 2.47 bits per heavy atom. The highest BCUT2D eigenvalue weighted by atomic mass is 16.5. The Morgan fingerprint density at radius 3 is 3.00 bits per heavy atom. The molecule has 0 spiro atoms. The summed E-state index contributed by atoms with van der Waals surface area (Å²) in [5, 5.41) is 12.2. The van der Waals surface area contributed by atoms with Gasteiger partial charge < -0.3 is 19.7 Å². The molecule has 1 aromatic heterocycles. The standard InChI is InChI=1S/C10H19N3O2/c1-9-11-3-5-13(9)6-4-12-10(7-14)8-15-2/h3,5,10,12,14H,4,6-8H2,1-2H3. The molecule has 1 rings (SSSR count). The van der Waals surface area contributed by atoms with Crippen LogP contribution in [0.3, 0.4) is 0 Å². The number of rotatable bonds is 7. The van der Waals surface area contributed by atoms with Gasteiger partial charge in [0.1, 0.15) is 5.82 Å². The van der Waals surface area contributed by atoms with Crippen LogP contribution in [0.4, 0.5) is 0 Å². The van der Waals surface area contributed by atoms with Crippen molar-refractivity contribution in [1.29, 1.82) is 0 Å². The molecule has 0 aromatic carbocycles. The Balaban J connectivity index is 2.23. The van der Waals surface area contributed by atoms with Gasteiger partial charge in [0.25, 0.3) is 0 Å². The predicted molar refractivity (Wildman–Crippen MR) is 57.7 cm³/mol. The Kier molecular flexibility index (Phi) is 5.31. The maximum atomic E-state index is 9.01. The fraction of sp³-hybridized carbons (Fsp3) is 0.700. The third-order valence-corrected chi connectivity index (χ3v) is 2.30. The summed E-state index contributed by atoms with van der Waals surface area (Å²) in [7, 11) is 1.63. The van der Waals surface area contributed by atoms with Crippen LogP contribution in [-0.2, 0) is 11.3 Å². The monoisotopic (exact) mass is 213 g/mol. The van der Waals surface area contributed by atoms with Gasteiger partial charge in [-0.2, -0.15) is 0 Å². The number of imidazole rings is 1. The molecule has 5 nitrogen and oxygen atoms in total. The van der Waals surface area contributed by atoms with Gasteiger partial charge in [-0.25, -0.2) is 4.98 Å². The summed E-state index contributed by atoms with van der Waals surface area (Å²) in [6.07, 6.45) is 3.73. The van der Waals surface area contributed by atoms with Crippen LogP contribution in [0.1, 0.15) is 5.82 Å². The maximum Gasteiger partial charge on any atom is 0.105 e. The van der Waals surface area contributed by atoms with E-state index in [1.54, 1.807) is 13.3 Å². The van der Waals surface area contributed by atoms with Crippen molar-refractivity contribution in [3.05, 3.63) is 18.2 Å². The average molecular weight is 213 g/mol. The Hall–Kier alpha value is -0.910. The summed E-state index contributed by atoms with van der Waals surface area (Å²) < 4.78 is 7.03. The number of aryl methyl sites for hydroxylation is 1. The van der Waals surface area contributed by atoms with E-state index >= 15 is 0 Å². The molecule has 0 radical (unpaired) electrons. The second-order valence-electron chi connectivity index (χ2n) is 3.46. The number of methoxy groups -OCH3 is 1. The zero-order valence-corrected chi connectivity index (χ0v) is 9.31. The molecule has 1 unspecified atom stereocenters. The average Bonchev–Trinajstić information content (AvgIpc) is 2.63. The minimum Gasteiger partial charge on any atom is -0.395 e. The predicted octanol–water partition coefficient (Wildman–Crippen LogP) is -0.212. The summed E-state index contributed by atoms with van der Waals surface area (Å²) in [5.41, 5.74) is 0. The van der Waals surface area contributed by atoms with Crippen LogP contribution >= 0.6 is 0 Å². The molecular weight excluding hydrogens is 194 g/mol. The first-order valence-corrected chi connectivity index (χ1v) is 5.09. The second kappa shape index (κ2) is 6.55. The molecule has 0 saturated heterocycles. The molecule has 5 heteroatoms. The number of ether oxygens (including phenoxy) is 1. The molecule has 1 aromatic rings. The van der Waals surface area contributed by atoms with Crippen molar-refractivity contribution in [3.8, 4) is 0 Å². The Morgan fingerprint density at radius 1 is 1.67 bits per heavy atom. The number of aromatic nitrogens is 2. The van der Waals surface area contributed by atoms with Crippen molar-refractivity contribution >= 4 is 0 Å². The lowest BCUT2D eigenvalue weighted by molar-refractivity contribution is 0.128. The summed E-state index contributed by atoms with van der Waals surface area (Å²) in [6.45, 7) is 4.24. The van der Waals surface area contributed by atoms with Gasteiger partial charge in [-0.3, -0.25) is 0 Å². The topological polar surface area (TPSA) is 59.3 Å². The third-order valence-electron chi connectivity index (χ3n) is 2.30. The molecule has 0 fully saturated rings. The van der Waals surface area contributed by atoms with Crippen LogP contribution in [0, 0.1) is 6.92 Å². The summed E-state index contributed by atoms with van der Waals surface area (Å²) in [6, 6.07) is 0.0128. The molecule has 0 aliphatic rings. The van der Waals surface area contributed by atoms with E-state index in [1.165, 1.54) is 0 Å². The summed E-state index contributed by atoms with van der Waals surface area (Å²) in [4.78, 5) is 4.13. The van der Waals surface area contributed by atoms with Crippen molar-refractivity contribution in [2.75, 3.05) is 26.9 Å². The van der Waals surface area contributed by atoms with Gasteiger partial charge >= 0.3 is 0 Å². The molecular formula is C10H19N3O2. The molecule has 0 bridgehead atoms. The van der Waals surface area contributed by atoms with Crippen molar-refractivity contribution in [1.82, 2.24) is 14.9 Å². The van der Waals surface area contributed by atoms with Gasteiger partial charge in [0.05, 0.1) is 19.3 Å². The van der Waals surface area contributed by atoms with Gasteiger partial charge in [-0.05, 0) is 6.92 Å². The first-order valence-electron chi connectivity index (χ1n) is 5.09. The third kappa shape index (κ3) is 3.99. The minimum absolute atomic E-state index is 0.0128. The first-order chi connectivity index (χ1) is 7.27. The lowest BCUT2D eigenvalue weighted by atomic mass is 10.3. The highest BCUT2D eigenvalue weighted by Crippen LogP contribution is 1.93. The number of hydrogen-bond acceptors (Lipinski definition) is 4. The first kappa shape index (κ1) is 12.2. The largest absolute Gasteiger partial charge is 0.395 e. The van der Waals surface area contributed by atoms with E-state index in [0.717, 1.165) is 18.9 Å². The molecule has 0 amide bonds. The zero-order valence-electron chi connectivity index (χ0n) is 9.31. The minimum atomic E-state index is 0.0128. The number of aliphatic hydroxyl groups is 1. The van der Waals surface area contributed by atoms with E-state index in [1.807, 2.05) is 13.1 Å². The van der Waals surface area contributed by atoms with Gasteiger partial charge in [-0.15, -0.1) is 0 Å². The lowest BCUT2D eigenvalue weighted by Crippen LogP contribution is -2.38. The van der Waals surface area contributed by atoms with E-state index in [2.05, 4.69) is 14.9 Å². The van der Waals surface area contributed by atoms with Gasteiger partial charge in [0.2, 0.25) is 0 Å². The maximum absolute atomic E-state index is 9.01. The van der Waals surface area contributed by atoms with Crippen LogP contribution in [0.25, 0.3) is 0 Å². The fourth-order valence-corrected chi connectivity index (χ4v) is 1.41. The molecule has 1 atom stereocenters. The van der Waals surface area contributed by atoms with Crippen molar-refractivity contribution < 1.29 is 9.84 Å². The molecule has 86 valence electrons. The van der Waals surface area contributed by atoms with Crippen LogP contribution in [0.15, 0.2) is 12.4 Å². The van der Waals surface area contributed by atoms with Gasteiger partial charge in [0.15, 0.2) is 0 Å². The van der Waals surface area contributed by atoms with Crippen LogP contribution in [-0.4, -0.2) is 47.6 Å². The Bertz CT molecular complexity index is 275. The van der Waals surface area contributed by atoms with Gasteiger partial charge in [-0.1, -0.05) is 0 Å². The molecule has 15 heavy (non-hydrogen) atoms. The van der Waals surface area contributed by atoms with E-state index in [4.69, 9.17) is 9.84 Å². The van der Waals surface area contributed by atoms with Crippen LogP contribution < -0.4 is 5.32 Å². The van der Waals surface area contributed by atoms with E-state index in [-0.39, 0.29) is 12.6 Å². The number of nitrogens with one attached hydrogen (secondary N) is 1. The normalized spacial score (nSPS) is 13.0. The SMILES string of the molecule is COCC(CO)NCCn1ccnc1C. The molecule has 1 heterocycles. The molecule has 0 aliphatic heterocycles. The van der Waals surface area contributed by atoms with E-state index in [9.17, 15) is 0 Å².